The van der Waals surface area contributed by atoms with E-state index in [1.807, 2.05) is 6.92 Å². The minimum atomic E-state index is -0.403. The van der Waals surface area contributed by atoms with Crippen molar-refractivity contribution in [2.75, 3.05) is 6.61 Å². The van der Waals surface area contributed by atoms with Crippen molar-refractivity contribution in [3.63, 3.8) is 0 Å². The first-order chi connectivity index (χ1) is 9.11. The zero-order valence-corrected chi connectivity index (χ0v) is 10.9. The Morgan fingerprint density at radius 1 is 1.16 bits per heavy atom. The second-order valence-corrected chi connectivity index (χ2v) is 4.25. The topological polar surface area (TPSA) is 26.3 Å². The highest BCUT2D eigenvalue weighted by atomic mass is 19.1. The Labute approximate surface area is 111 Å². The Morgan fingerprint density at radius 3 is 2.47 bits per heavy atom. The normalized spacial score (nSPS) is 10.3. The lowest BCUT2D eigenvalue weighted by molar-refractivity contribution is 0.103. The Bertz CT molecular complexity index is 588. The Kier molecular flexibility index (Phi) is 3.95. The van der Waals surface area contributed by atoms with Gasteiger partial charge in [-0.3, -0.25) is 4.79 Å². The van der Waals surface area contributed by atoms with Gasteiger partial charge in [-0.15, -0.1) is 0 Å². The van der Waals surface area contributed by atoms with Gasteiger partial charge in [-0.05, 0) is 55.8 Å². The Hall–Kier alpha value is -2.16. The molecule has 0 amide bonds. The fraction of sp³-hybridized carbons (Fsp3) is 0.188. The number of ketones is 1. The lowest BCUT2D eigenvalue weighted by Crippen LogP contribution is -2.04. The smallest absolute Gasteiger partial charge is 0.193 e. The summed E-state index contributed by atoms with van der Waals surface area (Å²) in [7, 11) is 0. The largest absolute Gasteiger partial charge is 0.494 e. The number of halogens is 1. The maximum absolute atomic E-state index is 13.2. The molecule has 98 valence electrons. The zero-order chi connectivity index (χ0) is 13.8. The van der Waals surface area contributed by atoms with Crippen LogP contribution in [0.15, 0.2) is 42.5 Å². The molecule has 19 heavy (non-hydrogen) atoms. The van der Waals surface area contributed by atoms with Gasteiger partial charge in [-0.25, -0.2) is 4.39 Å². The number of rotatable bonds is 4. The van der Waals surface area contributed by atoms with E-state index in [1.165, 1.54) is 12.1 Å². The molecule has 0 atom stereocenters. The summed E-state index contributed by atoms with van der Waals surface area (Å²) < 4.78 is 18.5. The quantitative estimate of drug-likeness (QED) is 0.780. The van der Waals surface area contributed by atoms with Gasteiger partial charge in [0.1, 0.15) is 11.6 Å². The summed E-state index contributed by atoms with van der Waals surface area (Å²) in [6.07, 6.45) is 0. The molecule has 2 rings (SSSR count). The van der Waals surface area contributed by atoms with Gasteiger partial charge in [0.05, 0.1) is 6.61 Å². The molecule has 0 aliphatic rings. The summed E-state index contributed by atoms with van der Waals surface area (Å²) in [5.41, 5.74) is 1.68. The second kappa shape index (κ2) is 5.65. The molecule has 0 fully saturated rings. The maximum atomic E-state index is 13.2. The SMILES string of the molecule is CCOc1ccc(C(=O)c2cc(F)ccc2C)cc1. The average molecular weight is 258 g/mol. The van der Waals surface area contributed by atoms with Crippen LogP contribution in [0.3, 0.4) is 0 Å². The van der Waals surface area contributed by atoms with E-state index in [1.54, 1.807) is 37.3 Å². The minimum absolute atomic E-state index is 0.181. The van der Waals surface area contributed by atoms with Crippen molar-refractivity contribution in [3.8, 4) is 5.75 Å². The van der Waals surface area contributed by atoms with E-state index in [0.29, 0.717) is 17.7 Å². The predicted octanol–water partition coefficient (Wildman–Crippen LogP) is 3.76. The molecule has 0 heterocycles. The van der Waals surface area contributed by atoms with E-state index < -0.39 is 5.82 Å². The van der Waals surface area contributed by atoms with Crippen LogP contribution in [0.5, 0.6) is 5.75 Å². The lowest BCUT2D eigenvalue weighted by atomic mass is 9.99. The second-order valence-electron chi connectivity index (χ2n) is 4.25. The molecule has 3 heteroatoms. The van der Waals surface area contributed by atoms with Crippen LogP contribution in [0, 0.1) is 12.7 Å². The standard InChI is InChI=1S/C16H15FO2/c1-3-19-14-8-5-12(6-9-14)16(18)15-10-13(17)7-4-11(15)2/h4-10H,3H2,1-2H3. The van der Waals surface area contributed by atoms with Crippen molar-refractivity contribution < 1.29 is 13.9 Å². The molecule has 0 saturated heterocycles. The molecule has 2 aromatic rings. The number of benzene rings is 2. The molecule has 0 spiro atoms. The van der Waals surface area contributed by atoms with E-state index in [9.17, 15) is 9.18 Å². The number of hydrogen-bond acceptors (Lipinski definition) is 2. The van der Waals surface area contributed by atoms with E-state index in [2.05, 4.69) is 0 Å². The van der Waals surface area contributed by atoms with Crippen LogP contribution in [0.4, 0.5) is 4.39 Å². The van der Waals surface area contributed by atoms with E-state index in [0.717, 1.165) is 11.3 Å². The number of aryl methyl sites for hydroxylation is 1. The molecule has 0 unspecified atom stereocenters. The van der Waals surface area contributed by atoms with Crippen molar-refractivity contribution in [1.82, 2.24) is 0 Å². The fourth-order valence-corrected chi connectivity index (χ4v) is 1.86. The van der Waals surface area contributed by atoms with Gasteiger partial charge in [-0.2, -0.15) is 0 Å². The first kappa shape index (κ1) is 13.3. The lowest BCUT2D eigenvalue weighted by Gasteiger charge is -2.07. The minimum Gasteiger partial charge on any atom is -0.494 e. The third-order valence-electron chi connectivity index (χ3n) is 2.87. The van der Waals surface area contributed by atoms with Crippen LogP contribution in [-0.2, 0) is 0 Å². The predicted molar refractivity (Wildman–Crippen MR) is 72.2 cm³/mol. The van der Waals surface area contributed by atoms with Gasteiger partial charge < -0.3 is 4.74 Å². The summed E-state index contributed by atoms with van der Waals surface area (Å²) in [6.45, 7) is 4.27. The Morgan fingerprint density at radius 2 is 1.84 bits per heavy atom. The first-order valence-corrected chi connectivity index (χ1v) is 6.15. The summed E-state index contributed by atoms with van der Waals surface area (Å²) in [5, 5.41) is 0. The fourth-order valence-electron chi connectivity index (χ4n) is 1.86. The molecule has 0 N–H and O–H groups in total. The monoisotopic (exact) mass is 258 g/mol. The van der Waals surface area contributed by atoms with Crippen LogP contribution < -0.4 is 4.74 Å². The van der Waals surface area contributed by atoms with Crippen LogP contribution in [0.1, 0.15) is 28.4 Å². The highest BCUT2D eigenvalue weighted by Gasteiger charge is 2.12. The molecule has 0 aliphatic carbocycles. The van der Waals surface area contributed by atoms with Gasteiger partial charge >= 0.3 is 0 Å². The third kappa shape index (κ3) is 2.99. The summed E-state index contributed by atoms with van der Waals surface area (Å²) in [6, 6.07) is 11.1. The van der Waals surface area contributed by atoms with Crippen molar-refractivity contribution in [2.24, 2.45) is 0 Å². The van der Waals surface area contributed by atoms with Crippen molar-refractivity contribution in [1.29, 1.82) is 0 Å². The van der Waals surface area contributed by atoms with Crippen LogP contribution in [0.2, 0.25) is 0 Å². The van der Waals surface area contributed by atoms with Crippen molar-refractivity contribution in [2.45, 2.75) is 13.8 Å². The molecular formula is C16H15FO2. The van der Waals surface area contributed by atoms with Crippen molar-refractivity contribution in [3.05, 3.63) is 65.0 Å². The highest BCUT2D eigenvalue weighted by Crippen LogP contribution is 2.18. The van der Waals surface area contributed by atoms with Gasteiger partial charge in [0, 0.05) is 11.1 Å². The van der Waals surface area contributed by atoms with Gasteiger partial charge in [-0.1, -0.05) is 6.07 Å². The zero-order valence-electron chi connectivity index (χ0n) is 10.9. The molecule has 2 aromatic carbocycles. The molecular weight excluding hydrogens is 243 g/mol. The first-order valence-electron chi connectivity index (χ1n) is 6.15. The molecule has 2 nitrogen and oxygen atoms in total. The maximum Gasteiger partial charge on any atom is 0.193 e. The van der Waals surface area contributed by atoms with Gasteiger partial charge in [0.25, 0.3) is 0 Å². The number of carbonyl (C=O) groups is 1. The average Bonchev–Trinajstić information content (AvgIpc) is 2.42. The van der Waals surface area contributed by atoms with E-state index in [-0.39, 0.29) is 5.78 Å². The van der Waals surface area contributed by atoms with Crippen LogP contribution in [-0.4, -0.2) is 12.4 Å². The molecule has 0 radical (unpaired) electrons. The van der Waals surface area contributed by atoms with E-state index >= 15 is 0 Å². The summed E-state index contributed by atoms with van der Waals surface area (Å²) in [4.78, 5) is 12.3. The number of hydrogen-bond donors (Lipinski definition) is 0. The van der Waals surface area contributed by atoms with Gasteiger partial charge in [0.15, 0.2) is 5.78 Å². The number of carbonyl (C=O) groups excluding carboxylic acids is 1. The molecule has 0 saturated carbocycles. The van der Waals surface area contributed by atoms with Crippen LogP contribution in [0.25, 0.3) is 0 Å². The molecule has 0 aliphatic heterocycles. The van der Waals surface area contributed by atoms with Crippen LogP contribution >= 0.6 is 0 Å². The summed E-state index contributed by atoms with van der Waals surface area (Å²) in [5.74, 6) is 0.134. The van der Waals surface area contributed by atoms with Crippen molar-refractivity contribution >= 4 is 5.78 Å². The van der Waals surface area contributed by atoms with Gasteiger partial charge in [0.2, 0.25) is 0 Å². The molecule has 0 aromatic heterocycles. The number of ether oxygens (including phenoxy) is 1. The summed E-state index contributed by atoms with van der Waals surface area (Å²) >= 11 is 0. The Balaban J connectivity index is 2.30. The molecule has 0 bridgehead atoms. The van der Waals surface area contributed by atoms with E-state index in [4.69, 9.17) is 4.74 Å². The third-order valence-corrected chi connectivity index (χ3v) is 2.87. The highest BCUT2D eigenvalue weighted by molar-refractivity contribution is 6.09.